The Balaban J connectivity index is 2.77. The lowest BCUT2D eigenvalue weighted by Gasteiger charge is -2.25. The highest BCUT2D eigenvalue weighted by Gasteiger charge is 2.49. The van der Waals surface area contributed by atoms with E-state index in [1.807, 2.05) is 27.7 Å². The second-order valence-corrected chi connectivity index (χ2v) is 4.81. The fraction of sp³-hybridized carbons (Fsp3) is 0.900. The van der Waals surface area contributed by atoms with Crippen molar-refractivity contribution in [2.75, 3.05) is 0 Å². The zero-order chi connectivity index (χ0) is 10.3. The largest absolute Gasteiger partial charge is 0.433 e. The molecule has 0 bridgehead atoms. The fourth-order valence-corrected chi connectivity index (χ4v) is 1.11. The van der Waals surface area contributed by atoms with Crippen molar-refractivity contribution in [2.24, 2.45) is 5.41 Å². The van der Waals surface area contributed by atoms with Crippen LogP contribution in [-0.2, 0) is 14.3 Å². The van der Waals surface area contributed by atoms with Crippen molar-refractivity contribution in [1.82, 2.24) is 0 Å². The van der Waals surface area contributed by atoms with Crippen molar-refractivity contribution >= 4 is 5.97 Å². The molecule has 76 valence electrons. The average molecular weight is 186 g/mol. The van der Waals surface area contributed by atoms with E-state index in [0.29, 0.717) is 6.42 Å². The summed E-state index contributed by atoms with van der Waals surface area (Å²) in [4.78, 5) is 11.4. The Kier molecular flexibility index (Phi) is 2.41. The molecule has 0 radical (unpaired) electrons. The van der Waals surface area contributed by atoms with E-state index in [1.54, 1.807) is 6.92 Å². The maximum atomic E-state index is 11.4. The molecule has 13 heavy (non-hydrogen) atoms. The molecule has 0 spiro atoms. The third-order valence-corrected chi connectivity index (χ3v) is 2.39. The van der Waals surface area contributed by atoms with Gasteiger partial charge in [0, 0.05) is 5.41 Å². The Bertz CT molecular complexity index is 217. The number of cyclic esters (lactones) is 1. The van der Waals surface area contributed by atoms with Gasteiger partial charge in [-0.15, -0.1) is 0 Å². The summed E-state index contributed by atoms with van der Waals surface area (Å²) in [5, 5.41) is 0. The van der Waals surface area contributed by atoms with Gasteiger partial charge in [0.25, 0.3) is 0 Å². The molecule has 0 saturated carbocycles. The van der Waals surface area contributed by atoms with E-state index in [4.69, 9.17) is 9.47 Å². The highest BCUT2D eigenvalue weighted by molar-refractivity contribution is 5.80. The Morgan fingerprint density at radius 1 is 1.46 bits per heavy atom. The van der Waals surface area contributed by atoms with Crippen molar-refractivity contribution in [3.63, 3.8) is 0 Å². The number of rotatable bonds is 1. The summed E-state index contributed by atoms with van der Waals surface area (Å²) in [5.41, 5.74) is -0.888. The molecule has 0 aromatic rings. The monoisotopic (exact) mass is 186 g/mol. The van der Waals surface area contributed by atoms with Crippen LogP contribution in [0.5, 0.6) is 0 Å². The van der Waals surface area contributed by atoms with Crippen LogP contribution in [-0.4, -0.2) is 17.9 Å². The molecule has 0 N–H and O–H groups in total. The van der Waals surface area contributed by atoms with Crippen LogP contribution in [0.25, 0.3) is 0 Å². The molecule has 1 fully saturated rings. The molecule has 0 aromatic heterocycles. The predicted octanol–water partition coefficient (Wildman–Crippen LogP) is 2.10. The van der Waals surface area contributed by atoms with Gasteiger partial charge < -0.3 is 9.47 Å². The maximum absolute atomic E-state index is 11.4. The van der Waals surface area contributed by atoms with E-state index >= 15 is 0 Å². The minimum atomic E-state index is -0.738. The summed E-state index contributed by atoms with van der Waals surface area (Å²) in [6, 6.07) is 0. The van der Waals surface area contributed by atoms with Gasteiger partial charge >= 0.3 is 5.97 Å². The van der Waals surface area contributed by atoms with Crippen LogP contribution < -0.4 is 0 Å². The maximum Gasteiger partial charge on any atom is 0.340 e. The van der Waals surface area contributed by atoms with Gasteiger partial charge in [0.1, 0.15) is 0 Å². The molecule has 1 aliphatic heterocycles. The van der Waals surface area contributed by atoms with Crippen molar-refractivity contribution in [3.8, 4) is 0 Å². The molecule has 1 saturated heterocycles. The first-order valence-corrected chi connectivity index (χ1v) is 4.68. The number of hydrogen-bond donors (Lipinski definition) is 0. The molecular formula is C10H18O3. The van der Waals surface area contributed by atoms with Crippen LogP contribution >= 0.6 is 0 Å². The number of esters is 1. The van der Waals surface area contributed by atoms with Gasteiger partial charge in [0.05, 0.1) is 0 Å². The molecular weight excluding hydrogens is 168 g/mol. The minimum absolute atomic E-state index is 0.150. The Labute approximate surface area is 79.4 Å². The third-order valence-electron chi connectivity index (χ3n) is 2.39. The van der Waals surface area contributed by atoms with Crippen molar-refractivity contribution in [2.45, 2.75) is 52.9 Å². The molecule has 2 atom stereocenters. The van der Waals surface area contributed by atoms with E-state index < -0.39 is 11.9 Å². The number of carbonyl (C=O) groups is 1. The molecule has 1 heterocycles. The third kappa shape index (κ3) is 1.85. The molecule has 1 rings (SSSR count). The van der Waals surface area contributed by atoms with Crippen molar-refractivity contribution < 1.29 is 14.3 Å². The van der Waals surface area contributed by atoms with Crippen molar-refractivity contribution in [1.29, 1.82) is 0 Å². The summed E-state index contributed by atoms with van der Waals surface area (Å²) in [7, 11) is 0. The fourth-order valence-electron chi connectivity index (χ4n) is 1.11. The SMILES string of the molecule is CCC1(C)OC(C(C)(C)C)OC1=O. The minimum Gasteiger partial charge on any atom is -0.433 e. The Morgan fingerprint density at radius 2 is 2.00 bits per heavy atom. The summed E-state index contributed by atoms with van der Waals surface area (Å²) in [5.74, 6) is -0.241. The van der Waals surface area contributed by atoms with E-state index in [1.165, 1.54) is 0 Å². The van der Waals surface area contributed by atoms with Gasteiger partial charge in [0.2, 0.25) is 6.29 Å². The zero-order valence-electron chi connectivity index (χ0n) is 9.01. The highest BCUT2D eigenvalue weighted by atomic mass is 16.8. The molecule has 1 aliphatic rings. The molecule has 0 amide bonds. The van der Waals surface area contributed by atoms with E-state index in [-0.39, 0.29) is 11.4 Å². The Morgan fingerprint density at radius 3 is 2.23 bits per heavy atom. The first-order chi connectivity index (χ1) is 5.79. The topological polar surface area (TPSA) is 35.5 Å². The quantitative estimate of drug-likeness (QED) is 0.588. The van der Waals surface area contributed by atoms with Crippen LogP contribution in [0.1, 0.15) is 41.0 Å². The van der Waals surface area contributed by atoms with E-state index in [9.17, 15) is 4.79 Å². The first kappa shape index (κ1) is 10.5. The molecule has 3 heteroatoms. The lowest BCUT2D eigenvalue weighted by atomic mass is 9.96. The summed E-state index contributed by atoms with van der Waals surface area (Å²) in [6.45, 7) is 9.68. The second kappa shape index (κ2) is 2.98. The van der Waals surface area contributed by atoms with E-state index in [2.05, 4.69) is 0 Å². The van der Waals surface area contributed by atoms with E-state index in [0.717, 1.165) is 0 Å². The van der Waals surface area contributed by atoms with Crippen LogP contribution in [0, 0.1) is 5.41 Å². The normalized spacial score (nSPS) is 34.8. The molecule has 2 unspecified atom stereocenters. The first-order valence-electron chi connectivity index (χ1n) is 4.68. The molecule has 0 aliphatic carbocycles. The summed E-state index contributed by atoms with van der Waals surface area (Å²) >= 11 is 0. The van der Waals surface area contributed by atoms with Crippen LogP contribution in [0.15, 0.2) is 0 Å². The van der Waals surface area contributed by atoms with Crippen LogP contribution in [0.2, 0.25) is 0 Å². The summed E-state index contributed by atoms with van der Waals surface area (Å²) < 4.78 is 10.8. The average Bonchev–Trinajstić information content (AvgIpc) is 2.29. The molecule has 0 aromatic carbocycles. The Hall–Kier alpha value is -0.570. The summed E-state index contributed by atoms with van der Waals surface area (Å²) in [6.07, 6.45) is 0.239. The standard InChI is InChI=1S/C10H18O3/c1-6-10(5)7(11)12-8(13-10)9(2,3)4/h8H,6H2,1-5H3. The van der Waals surface area contributed by atoms with Crippen LogP contribution in [0.4, 0.5) is 0 Å². The smallest absolute Gasteiger partial charge is 0.340 e. The van der Waals surface area contributed by atoms with Crippen LogP contribution in [0.3, 0.4) is 0 Å². The second-order valence-electron chi connectivity index (χ2n) is 4.81. The number of ether oxygens (including phenoxy) is 2. The zero-order valence-corrected chi connectivity index (χ0v) is 9.01. The van der Waals surface area contributed by atoms with Gasteiger partial charge in [-0.05, 0) is 13.3 Å². The number of carbonyl (C=O) groups excluding carboxylic acids is 1. The van der Waals surface area contributed by atoms with Gasteiger partial charge in [-0.2, -0.15) is 0 Å². The van der Waals surface area contributed by atoms with Gasteiger partial charge in [0.15, 0.2) is 5.60 Å². The van der Waals surface area contributed by atoms with Gasteiger partial charge in [-0.3, -0.25) is 0 Å². The lowest BCUT2D eigenvalue weighted by molar-refractivity contribution is -0.155. The van der Waals surface area contributed by atoms with Gasteiger partial charge in [-0.25, -0.2) is 4.79 Å². The van der Waals surface area contributed by atoms with Crippen molar-refractivity contribution in [3.05, 3.63) is 0 Å². The number of hydrogen-bond acceptors (Lipinski definition) is 3. The van der Waals surface area contributed by atoms with Gasteiger partial charge in [-0.1, -0.05) is 27.7 Å². The highest BCUT2D eigenvalue weighted by Crippen LogP contribution is 2.35. The molecule has 3 nitrogen and oxygen atoms in total. The lowest BCUT2D eigenvalue weighted by Crippen LogP contribution is -2.33. The predicted molar refractivity (Wildman–Crippen MR) is 49.1 cm³/mol.